The molecule has 0 aliphatic carbocycles. The van der Waals surface area contributed by atoms with Crippen LogP contribution in [-0.2, 0) is 6.54 Å². The van der Waals surface area contributed by atoms with Gasteiger partial charge in [-0.3, -0.25) is 0 Å². The molecule has 2 aromatic heterocycles. The van der Waals surface area contributed by atoms with E-state index < -0.39 is 0 Å². The van der Waals surface area contributed by atoms with Crippen LogP contribution in [0.5, 0.6) is 0 Å². The summed E-state index contributed by atoms with van der Waals surface area (Å²) < 4.78 is 8.21. The standard InChI is InChI=1S/C18H17N2OS.HI/c1-3-20-11-7-6-8-13(20)12-16-19(2)17-14-9-4-5-10-15(14)21-18(17)22-16;/h4-12H,3H2,1-2H3;1H/q+1;/p-1. The van der Waals surface area contributed by atoms with Crippen molar-refractivity contribution in [2.24, 2.45) is 0 Å². The number of fused-ring (bicyclic) bond motifs is 3. The number of para-hydroxylation sites is 1. The van der Waals surface area contributed by atoms with Crippen LogP contribution in [0.3, 0.4) is 0 Å². The van der Waals surface area contributed by atoms with Gasteiger partial charge < -0.3 is 33.3 Å². The minimum Gasteiger partial charge on any atom is -1.00 e. The Bertz CT molecular complexity index is 888. The van der Waals surface area contributed by atoms with Crippen molar-refractivity contribution in [3.8, 4) is 0 Å². The lowest BCUT2D eigenvalue weighted by atomic mass is 10.2. The molecule has 3 aromatic rings. The van der Waals surface area contributed by atoms with Crippen molar-refractivity contribution in [1.29, 1.82) is 0 Å². The number of nitrogens with zero attached hydrogens (tertiary/aromatic N) is 2. The zero-order valence-electron chi connectivity index (χ0n) is 13.0. The minimum absolute atomic E-state index is 0. The van der Waals surface area contributed by atoms with Gasteiger partial charge >= 0.3 is 0 Å². The van der Waals surface area contributed by atoms with Gasteiger partial charge in [0.2, 0.25) is 5.69 Å². The molecule has 0 fully saturated rings. The van der Waals surface area contributed by atoms with E-state index in [1.165, 1.54) is 21.8 Å². The summed E-state index contributed by atoms with van der Waals surface area (Å²) in [7, 11) is 2.10. The lowest BCUT2D eigenvalue weighted by Crippen LogP contribution is -3.00. The minimum atomic E-state index is 0. The van der Waals surface area contributed by atoms with Crippen LogP contribution in [0.2, 0.25) is 0 Å². The van der Waals surface area contributed by atoms with Gasteiger partial charge in [0.15, 0.2) is 11.3 Å². The highest BCUT2D eigenvalue weighted by molar-refractivity contribution is 8.03. The molecule has 118 valence electrons. The normalized spacial score (nSPS) is 15.0. The molecule has 23 heavy (non-hydrogen) atoms. The van der Waals surface area contributed by atoms with Gasteiger partial charge in [0.25, 0.3) is 0 Å². The van der Waals surface area contributed by atoms with Gasteiger partial charge in [0, 0.05) is 30.6 Å². The van der Waals surface area contributed by atoms with Gasteiger partial charge in [-0.2, -0.15) is 4.57 Å². The van der Waals surface area contributed by atoms with Crippen LogP contribution in [-0.4, -0.2) is 7.05 Å². The summed E-state index contributed by atoms with van der Waals surface area (Å²) >= 11 is 1.69. The average Bonchev–Trinajstić information content (AvgIpc) is 3.05. The van der Waals surface area contributed by atoms with Crippen molar-refractivity contribution in [1.82, 2.24) is 0 Å². The van der Waals surface area contributed by atoms with Crippen LogP contribution < -0.4 is 33.4 Å². The largest absolute Gasteiger partial charge is 1.00 e. The summed E-state index contributed by atoms with van der Waals surface area (Å²) in [5, 5.41) is 3.34. The molecule has 0 saturated carbocycles. The number of halogens is 1. The predicted molar refractivity (Wildman–Crippen MR) is 90.8 cm³/mol. The fourth-order valence-electron chi connectivity index (χ4n) is 2.83. The second-order valence-electron chi connectivity index (χ2n) is 5.29. The lowest BCUT2D eigenvalue weighted by molar-refractivity contribution is -0.695. The number of hydrogen-bond donors (Lipinski definition) is 0. The lowest BCUT2D eigenvalue weighted by Gasteiger charge is -2.12. The molecular weight excluding hydrogens is 419 g/mol. The third-order valence-corrected chi connectivity index (χ3v) is 5.05. The number of hydrogen-bond acceptors (Lipinski definition) is 3. The number of furan rings is 1. The Hall–Kier alpha value is -1.47. The number of benzene rings is 1. The molecule has 0 radical (unpaired) electrons. The summed E-state index contributed by atoms with van der Waals surface area (Å²) in [6, 6.07) is 14.5. The highest BCUT2D eigenvalue weighted by atomic mass is 127. The molecule has 4 rings (SSSR count). The van der Waals surface area contributed by atoms with Gasteiger partial charge in [-0.15, -0.1) is 0 Å². The number of anilines is 1. The van der Waals surface area contributed by atoms with Crippen molar-refractivity contribution in [2.45, 2.75) is 18.6 Å². The van der Waals surface area contributed by atoms with E-state index in [1.54, 1.807) is 11.8 Å². The molecule has 1 aromatic carbocycles. The molecule has 0 N–H and O–H groups in total. The van der Waals surface area contributed by atoms with Crippen molar-refractivity contribution in [3.05, 3.63) is 59.4 Å². The topological polar surface area (TPSA) is 20.3 Å². The molecular formula is C18H17IN2OS. The third kappa shape index (κ3) is 2.76. The number of aryl methyl sites for hydroxylation is 1. The van der Waals surface area contributed by atoms with E-state index >= 15 is 0 Å². The van der Waals surface area contributed by atoms with Gasteiger partial charge in [-0.25, -0.2) is 0 Å². The van der Waals surface area contributed by atoms with Gasteiger partial charge in [-0.05, 0) is 36.9 Å². The van der Waals surface area contributed by atoms with Gasteiger partial charge in [-0.1, -0.05) is 12.1 Å². The number of pyridine rings is 1. The smallest absolute Gasteiger partial charge is 0.207 e. The zero-order valence-corrected chi connectivity index (χ0v) is 16.0. The summed E-state index contributed by atoms with van der Waals surface area (Å²) in [5.74, 6) is 0. The van der Waals surface area contributed by atoms with Crippen molar-refractivity contribution >= 4 is 34.5 Å². The Morgan fingerprint density at radius 2 is 1.96 bits per heavy atom. The molecule has 0 spiro atoms. The Labute approximate surface area is 157 Å². The maximum absolute atomic E-state index is 5.98. The molecule has 0 atom stereocenters. The molecule has 0 bridgehead atoms. The Morgan fingerprint density at radius 3 is 2.78 bits per heavy atom. The second kappa shape index (κ2) is 6.57. The van der Waals surface area contributed by atoms with Crippen LogP contribution in [0.25, 0.3) is 17.0 Å². The maximum atomic E-state index is 5.98. The molecule has 3 nitrogen and oxygen atoms in total. The van der Waals surface area contributed by atoms with E-state index in [1.807, 2.05) is 12.1 Å². The third-order valence-electron chi connectivity index (χ3n) is 3.99. The highest BCUT2D eigenvalue weighted by Gasteiger charge is 2.29. The molecule has 1 aliphatic heterocycles. The molecule has 0 unspecified atom stereocenters. The van der Waals surface area contributed by atoms with E-state index in [2.05, 4.69) is 66.0 Å². The zero-order chi connectivity index (χ0) is 15.1. The van der Waals surface area contributed by atoms with E-state index in [-0.39, 0.29) is 24.0 Å². The van der Waals surface area contributed by atoms with E-state index in [4.69, 9.17) is 4.42 Å². The van der Waals surface area contributed by atoms with E-state index in [0.29, 0.717) is 0 Å². The predicted octanol–water partition coefficient (Wildman–Crippen LogP) is 1.28. The van der Waals surface area contributed by atoms with Gasteiger partial charge in [0.1, 0.15) is 17.8 Å². The second-order valence-corrected chi connectivity index (χ2v) is 6.28. The summed E-state index contributed by atoms with van der Waals surface area (Å²) in [6.07, 6.45) is 4.33. The Balaban J connectivity index is 0.00000156. The summed E-state index contributed by atoms with van der Waals surface area (Å²) in [4.78, 5) is 2.22. The molecule has 0 saturated heterocycles. The highest BCUT2D eigenvalue weighted by Crippen LogP contribution is 2.50. The Kier molecular flexibility index (Phi) is 4.68. The fraction of sp³-hybridized carbons (Fsp3) is 0.167. The summed E-state index contributed by atoms with van der Waals surface area (Å²) in [5.41, 5.74) is 3.33. The first-order valence-electron chi connectivity index (χ1n) is 7.41. The number of aromatic nitrogens is 1. The molecule has 3 heterocycles. The first kappa shape index (κ1) is 16.4. The van der Waals surface area contributed by atoms with E-state index in [0.717, 1.165) is 17.2 Å². The Morgan fingerprint density at radius 1 is 1.17 bits per heavy atom. The number of rotatable bonds is 2. The van der Waals surface area contributed by atoms with Crippen LogP contribution in [0, 0.1) is 0 Å². The van der Waals surface area contributed by atoms with Crippen molar-refractivity contribution < 1.29 is 33.0 Å². The first-order chi connectivity index (χ1) is 10.8. The van der Waals surface area contributed by atoms with Crippen LogP contribution in [0.1, 0.15) is 12.6 Å². The molecule has 0 amide bonds. The molecule has 5 heteroatoms. The van der Waals surface area contributed by atoms with Crippen molar-refractivity contribution in [2.75, 3.05) is 11.9 Å². The summed E-state index contributed by atoms with van der Waals surface area (Å²) in [6.45, 7) is 3.12. The number of thioether (sulfide) groups is 1. The monoisotopic (exact) mass is 436 g/mol. The van der Waals surface area contributed by atoms with Crippen LogP contribution in [0.4, 0.5) is 5.69 Å². The molecule has 1 aliphatic rings. The SMILES string of the molecule is CC[n+]1ccccc1/C=C1\Sc2oc3ccccc3c2N1C.[I-]. The van der Waals surface area contributed by atoms with Crippen LogP contribution in [0.15, 0.2) is 63.2 Å². The maximum Gasteiger partial charge on any atom is 0.207 e. The van der Waals surface area contributed by atoms with Crippen molar-refractivity contribution in [3.63, 3.8) is 0 Å². The van der Waals surface area contributed by atoms with Crippen LogP contribution >= 0.6 is 11.8 Å². The quantitative estimate of drug-likeness (QED) is 0.446. The fourth-order valence-corrected chi connectivity index (χ4v) is 3.90. The van der Waals surface area contributed by atoms with E-state index in [9.17, 15) is 0 Å². The average molecular weight is 436 g/mol. The van der Waals surface area contributed by atoms with Gasteiger partial charge in [0.05, 0.1) is 5.03 Å². The first-order valence-corrected chi connectivity index (χ1v) is 8.23.